The molecular weight excluding hydrogens is 364 g/mol. The van der Waals surface area contributed by atoms with Crippen LogP contribution >= 0.6 is 11.8 Å². The van der Waals surface area contributed by atoms with E-state index in [0.29, 0.717) is 6.61 Å². The molecule has 0 radical (unpaired) electrons. The van der Waals surface area contributed by atoms with E-state index in [1.165, 1.54) is 17.8 Å². The predicted octanol–water partition coefficient (Wildman–Crippen LogP) is 4.21. The zero-order valence-electron chi connectivity index (χ0n) is 14.5. The van der Waals surface area contributed by atoms with Crippen molar-refractivity contribution < 1.29 is 9.66 Å². The minimum atomic E-state index is -0.389. The van der Waals surface area contributed by atoms with Crippen LogP contribution in [-0.2, 0) is 0 Å². The van der Waals surface area contributed by atoms with Crippen molar-refractivity contribution in [1.82, 2.24) is 10.3 Å². The first-order valence-corrected chi connectivity index (χ1v) is 9.23. The number of nitro benzene ring substituents is 1. The summed E-state index contributed by atoms with van der Waals surface area (Å²) in [5.41, 5.74) is 6.56. The number of amidine groups is 1. The van der Waals surface area contributed by atoms with Crippen LogP contribution in [0.5, 0.6) is 5.75 Å². The van der Waals surface area contributed by atoms with Crippen LogP contribution in [0.3, 0.4) is 0 Å². The largest absolute Gasteiger partial charge is 0.494 e. The van der Waals surface area contributed by atoms with E-state index >= 15 is 0 Å². The normalized spacial score (nSPS) is 15.3. The van der Waals surface area contributed by atoms with Gasteiger partial charge in [-0.2, -0.15) is 0 Å². The molecule has 27 heavy (non-hydrogen) atoms. The van der Waals surface area contributed by atoms with Crippen LogP contribution in [0.25, 0.3) is 11.4 Å². The molecule has 2 aromatic rings. The Morgan fingerprint density at radius 3 is 2.78 bits per heavy atom. The number of rotatable bonds is 5. The average molecular weight is 380 g/mol. The van der Waals surface area contributed by atoms with Crippen molar-refractivity contribution in [2.75, 3.05) is 6.61 Å². The van der Waals surface area contributed by atoms with Gasteiger partial charge in [0.1, 0.15) is 5.75 Å². The highest BCUT2D eigenvalue weighted by Gasteiger charge is 2.27. The molecule has 2 aromatic carbocycles. The second kappa shape index (κ2) is 7.16. The topological polar surface area (TPSA) is 80.0 Å². The van der Waals surface area contributed by atoms with Crippen LogP contribution in [-0.4, -0.2) is 21.6 Å². The van der Waals surface area contributed by atoms with Gasteiger partial charge in [0.25, 0.3) is 5.69 Å². The lowest BCUT2D eigenvalue weighted by atomic mass is 10.1. The number of non-ortho nitro benzene ring substituents is 1. The number of nitrogens with one attached hydrogen (secondary N) is 1. The Morgan fingerprint density at radius 1 is 1.22 bits per heavy atom. The highest BCUT2D eigenvalue weighted by molar-refractivity contribution is 8.16. The summed E-state index contributed by atoms with van der Waals surface area (Å²) in [6.45, 7) is 2.57. The van der Waals surface area contributed by atoms with Gasteiger partial charge in [0.15, 0.2) is 5.17 Å². The zero-order valence-corrected chi connectivity index (χ0v) is 15.3. The molecule has 8 heteroatoms. The zero-order chi connectivity index (χ0) is 18.8. The molecule has 0 saturated carbocycles. The molecule has 0 aliphatic carbocycles. The van der Waals surface area contributed by atoms with E-state index in [9.17, 15) is 10.1 Å². The van der Waals surface area contributed by atoms with Gasteiger partial charge in [-0.05, 0) is 31.2 Å². The minimum Gasteiger partial charge on any atom is -0.494 e. The Morgan fingerprint density at radius 2 is 2.04 bits per heavy atom. The third-order valence-electron chi connectivity index (χ3n) is 4.10. The summed E-state index contributed by atoms with van der Waals surface area (Å²) in [5.74, 6) is 0.816. The van der Waals surface area contributed by atoms with E-state index in [4.69, 9.17) is 4.74 Å². The number of benzene rings is 2. The van der Waals surface area contributed by atoms with Crippen molar-refractivity contribution >= 4 is 34.0 Å². The van der Waals surface area contributed by atoms with E-state index in [1.807, 2.05) is 53.8 Å². The molecule has 136 valence electrons. The summed E-state index contributed by atoms with van der Waals surface area (Å²) in [7, 11) is 0. The van der Waals surface area contributed by atoms with Crippen molar-refractivity contribution in [2.45, 2.75) is 6.92 Å². The van der Waals surface area contributed by atoms with Crippen molar-refractivity contribution in [3.63, 3.8) is 0 Å². The Bertz CT molecular complexity index is 983. The molecule has 2 aliphatic heterocycles. The Kier molecular flexibility index (Phi) is 4.55. The van der Waals surface area contributed by atoms with Gasteiger partial charge >= 0.3 is 0 Å². The van der Waals surface area contributed by atoms with E-state index in [2.05, 4.69) is 10.5 Å². The van der Waals surface area contributed by atoms with Crippen LogP contribution in [0.2, 0.25) is 0 Å². The van der Waals surface area contributed by atoms with E-state index in [1.54, 1.807) is 12.1 Å². The molecule has 0 unspecified atom stereocenters. The van der Waals surface area contributed by atoms with Gasteiger partial charge < -0.3 is 4.74 Å². The first-order valence-electron chi connectivity index (χ1n) is 8.35. The summed E-state index contributed by atoms with van der Waals surface area (Å²) >= 11 is 1.47. The summed E-state index contributed by atoms with van der Waals surface area (Å²) in [5, 5.41) is 18.2. The lowest BCUT2D eigenvalue weighted by Gasteiger charge is -2.24. The van der Waals surface area contributed by atoms with E-state index in [0.717, 1.165) is 33.4 Å². The lowest BCUT2D eigenvalue weighted by Crippen LogP contribution is -2.26. The molecule has 0 saturated heterocycles. The van der Waals surface area contributed by atoms with Crippen LogP contribution in [0.15, 0.2) is 65.2 Å². The Labute approximate surface area is 160 Å². The number of fused-ring (bicyclic) bond motifs is 1. The maximum atomic E-state index is 11.1. The molecule has 2 heterocycles. The van der Waals surface area contributed by atoms with Gasteiger partial charge in [-0.3, -0.25) is 20.4 Å². The van der Waals surface area contributed by atoms with Crippen molar-refractivity contribution in [1.29, 1.82) is 0 Å². The van der Waals surface area contributed by atoms with Crippen molar-refractivity contribution in [3.05, 3.63) is 81.4 Å². The molecule has 4 rings (SSSR count). The van der Waals surface area contributed by atoms with Crippen molar-refractivity contribution in [3.8, 4) is 5.75 Å². The summed E-state index contributed by atoms with van der Waals surface area (Å²) < 4.78 is 5.48. The maximum Gasteiger partial charge on any atom is 0.270 e. The third-order valence-corrected chi connectivity index (χ3v) is 4.94. The molecule has 0 bridgehead atoms. The number of nitrogens with zero attached hydrogens (tertiary/aromatic N) is 3. The fraction of sp³-hybridized carbons (Fsp3) is 0.105. The fourth-order valence-electron chi connectivity index (χ4n) is 2.82. The van der Waals surface area contributed by atoms with E-state index < -0.39 is 0 Å². The van der Waals surface area contributed by atoms with Gasteiger partial charge in [0.2, 0.25) is 0 Å². The maximum absolute atomic E-state index is 11.1. The van der Waals surface area contributed by atoms with E-state index in [-0.39, 0.29) is 10.6 Å². The minimum absolute atomic E-state index is 0.0645. The molecule has 0 amide bonds. The first kappa shape index (κ1) is 17.2. The molecular formula is C19H16N4O3S. The molecule has 0 aromatic heterocycles. The predicted molar refractivity (Wildman–Crippen MR) is 107 cm³/mol. The number of hydrazone groups is 1. The highest BCUT2D eigenvalue weighted by atomic mass is 32.2. The van der Waals surface area contributed by atoms with Gasteiger partial charge in [-0.25, -0.2) is 0 Å². The standard InChI is InChI=1S/C19H16N4O3S/c1-2-26-16-8-6-13(7-9-16)17-11-22-18(12-27-19(22)21-20-17)14-4-3-5-15(10-14)23(24)25/h3-12,20H,2H2,1H3. The molecule has 0 atom stereocenters. The SMILES string of the molecule is CCOc1ccc(C2=CN3C(c4cccc([N+](=O)[O-])c4)=CSC3=NN2)cc1. The van der Waals surface area contributed by atoms with Crippen LogP contribution in [0.1, 0.15) is 18.1 Å². The van der Waals surface area contributed by atoms with Crippen LogP contribution < -0.4 is 10.2 Å². The summed E-state index contributed by atoms with van der Waals surface area (Å²) in [4.78, 5) is 12.6. The summed E-state index contributed by atoms with van der Waals surface area (Å²) in [6.07, 6.45) is 1.95. The molecule has 0 spiro atoms. The monoisotopic (exact) mass is 380 g/mol. The lowest BCUT2D eigenvalue weighted by molar-refractivity contribution is -0.384. The summed E-state index contributed by atoms with van der Waals surface area (Å²) in [6, 6.07) is 14.4. The Hall–Kier alpha value is -3.26. The quantitative estimate of drug-likeness (QED) is 0.618. The first-order chi connectivity index (χ1) is 13.2. The fourth-order valence-corrected chi connectivity index (χ4v) is 3.65. The third kappa shape index (κ3) is 3.39. The molecule has 7 nitrogen and oxygen atoms in total. The number of hydrogen-bond donors (Lipinski definition) is 1. The number of ether oxygens (including phenoxy) is 1. The van der Waals surface area contributed by atoms with Crippen LogP contribution in [0, 0.1) is 10.1 Å². The van der Waals surface area contributed by atoms with Gasteiger partial charge in [-0.1, -0.05) is 23.9 Å². The molecule has 2 aliphatic rings. The number of nitro groups is 1. The molecule has 1 N–H and O–H groups in total. The van der Waals surface area contributed by atoms with Gasteiger partial charge in [0.05, 0.1) is 22.9 Å². The smallest absolute Gasteiger partial charge is 0.270 e. The van der Waals surface area contributed by atoms with Crippen molar-refractivity contribution in [2.24, 2.45) is 5.10 Å². The van der Waals surface area contributed by atoms with Gasteiger partial charge in [0, 0.05) is 34.9 Å². The highest BCUT2D eigenvalue weighted by Crippen LogP contribution is 2.37. The van der Waals surface area contributed by atoms with Crippen LogP contribution in [0.4, 0.5) is 5.69 Å². The Balaban J connectivity index is 1.63. The average Bonchev–Trinajstić information content (AvgIpc) is 3.12. The number of hydrogen-bond acceptors (Lipinski definition) is 7. The second-order valence-electron chi connectivity index (χ2n) is 5.80. The number of thioether (sulfide) groups is 1. The second-order valence-corrected chi connectivity index (χ2v) is 6.64. The van der Waals surface area contributed by atoms with Gasteiger partial charge in [-0.15, -0.1) is 5.10 Å². The molecule has 0 fully saturated rings.